The molecule has 0 atom stereocenters. The number of nitrogens with one attached hydrogen (secondary N) is 2. The van der Waals surface area contributed by atoms with Crippen LogP contribution in [0.5, 0.6) is 0 Å². The van der Waals surface area contributed by atoms with Crippen molar-refractivity contribution >= 4 is 0 Å². The van der Waals surface area contributed by atoms with Gasteiger partial charge in [-0.05, 0) is 13.2 Å². The van der Waals surface area contributed by atoms with Crippen LogP contribution in [-0.2, 0) is 0 Å². The molecule has 18 heavy (non-hydrogen) atoms. The summed E-state index contributed by atoms with van der Waals surface area (Å²) in [5.74, 6) is 0.131. The lowest BCUT2D eigenvalue weighted by Crippen LogP contribution is -2.42. The molecule has 6 nitrogen and oxygen atoms in total. The van der Waals surface area contributed by atoms with Gasteiger partial charge in [0.1, 0.15) is 0 Å². The summed E-state index contributed by atoms with van der Waals surface area (Å²) >= 11 is 0. The van der Waals surface area contributed by atoms with Crippen LogP contribution in [0.25, 0.3) is 0 Å². The van der Waals surface area contributed by atoms with Gasteiger partial charge in [0.2, 0.25) is 0 Å². The molecule has 1 aliphatic heterocycles. The monoisotopic (exact) mass is 256 g/mol. The smallest absolute Gasteiger partial charge is 0.179 e. The number of aliphatic hydroxyl groups is 2. The third kappa shape index (κ3) is 5.29. The molecule has 1 saturated heterocycles. The molecule has 0 radical (unpaired) electrons. The van der Waals surface area contributed by atoms with Gasteiger partial charge in [-0.3, -0.25) is 0 Å². The minimum Gasteiger partial charge on any atom is -0.495 e. The zero-order valence-electron chi connectivity index (χ0n) is 10.9. The molecule has 104 valence electrons. The molecule has 4 N–H and O–H groups in total. The minimum absolute atomic E-state index is 0.0653. The van der Waals surface area contributed by atoms with E-state index in [0.717, 1.165) is 26.2 Å². The van der Waals surface area contributed by atoms with E-state index < -0.39 is 0 Å². The maximum Gasteiger partial charge on any atom is 0.179 e. The van der Waals surface area contributed by atoms with E-state index >= 15 is 0 Å². The number of aliphatic hydroxyl groups excluding tert-OH is 2. The van der Waals surface area contributed by atoms with Crippen molar-refractivity contribution in [3.8, 4) is 0 Å². The number of hydrogen-bond acceptors (Lipinski definition) is 6. The van der Waals surface area contributed by atoms with Gasteiger partial charge in [-0.1, -0.05) is 0 Å². The standard InChI is InChI=1S/C12H24N4O2/c1-11(17)15-7-5-13-3-4-14-6-8-16(10-9-15)12(2)18/h13-14,17-18H,1-10H2. The lowest BCUT2D eigenvalue weighted by molar-refractivity contribution is 0.153. The Morgan fingerprint density at radius 3 is 1.44 bits per heavy atom. The first-order valence-electron chi connectivity index (χ1n) is 6.28. The van der Waals surface area contributed by atoms with Crippen molar-refractivity contribution in [1.82, 2.24) is 20.4 Å². The van der Waals surface area contributed by atoms with Gasteiger partial charge in [0, 0.05) is 52.4 Å². The van der Waals surface area contributed by atoms with Crippen molar-refractivity contribution in [3.05, 3.63) is 24.9 Å². The van der Waals surface area contributed by atoms with Crippen LogP contribution in [-0.4, -0.2) is 72.4 Å². The fourth-order valence-electron chi connectivity index (χ4n) is 1.84. The Labute approximate surface area is 109 Å². The van der Waals surface area contributed by atoms with Gasteiger partial charge in [-0.2, -0.15) is 0 Å². The molecule has 0 bridgehead atoms. The zero-order valence-corrected chi connectivity index (χ0v) is 10.9. The molecular weight excluding hydrogens is 232 g/mol. The minimum atomic E-state index is 0.0653. The van der Waals surface area contributed by atoms with Crippen LogP contribution in [0.1, 0.15) is 0 Å². The highest BCUT2D eigenvalue weighted by molar-refractivity contribution is 4.86. The van der Waals surface area contributed by atoms with Gasteiger partial charge in [-0.15, -0.1) is 0 Å². The molecule has 1 aliphatic rings. The highest BCUT2D eigenvalue weighted by atomic mass is 16.3. The van der Waals surface area contributed by atoms with Crippen molar-refractivity contribution in [1.29, 1.82) is 0 Å². The number of nitrogens with zero attached hydrogens (tertiary/aromatic N) is 2. The fourth-order valence-corrected chi connectivity index (χ4v) is 1.84. The van der Waals surface area contributed by atoms with Crippen molar-refractivity contribution < 1.29 is 10.2 Å². The Bertz CT molecular complexity index is 255. The second-order valence-corrected chi connectivity index (χ2v) is 4.31. The van der Waals surface area contributed by atoms with E-state index in [1.807, 2.05) is 0 Å². The Kier molecular flexibility index (Phi) is 6.38. The average Bonchev–Trinajstić information content (AvgIpc) is 2.28. The van der Waals surface area contributed by atoms with Crippen LogP contribution in [0, 0.1) is 0 Å². The van der Waals surface area contributed by atoms with Crippen LogP contribution < -0.4 is 10.6 Å². The van der Waals surface area contributed by atoms with Gasteiger partial charge in [0.25, 0.3) is 0 Å². The maximum absolute atomic E-state index is 9.49. The summed E-state index contributed by atoms with van der Waals surface area (Å²) in [5.41, 5.74) is 0. The van der Waals surface area contributed by atoms with Crippen molar-refractivity contribution in [2.45, 2.75) is 0 Å². The van der Waals surface area contributed by atoms with Gasteiger partial charge in [0.05, 0.1) is 0 Å². The summed E-state index contributed by atoms with van der Waals surface area (Å²) in [7, 11) is 0. The van der Waals surface area contributed by atoms with Gasteiger partial charge >= 0.3 is 0 Å². The zero-order chi connectivity index (χ0) is 13.4. The molecule has 0 unspecified atom stereocenters. The van der Waals surface area contributed by atoms with E-state index in [1.165, 1.54) is 0 Å². The van der Waals surface area contributed by atoms with Crippen molar-refractivity contribution in [3.63, 3.8) is 0 Å². The molecule has 0 saturated carbocycles. The molecule has 1 fully saturated rings. The molecule has 0 aromatic rings. The molecule has 0 aromatic carbocycles. The van der Waals surface area contributed by atoms with Crippen LogP contribution in [0.2, 0.25) is 0 Å². The third-order valence-corrected chi connectivity index (χ3v) is 2.97. The predicted octanol–water partition coefficient (Wildman–Crippen LogP) is -0.158. The second kappa shape index (κ2) is 7.84. The van der Waals surface area contributed by atoms with E-state index in [-0.39, 0.29) is 11.8 Å². The quantitative estimate of drug-likeness (QED) is 0.515. The predicted molar refractivity (Wildman–Crippen MR) is 72.4 cm³/mol. The lowest BCUT2D eigenvalue weighted by Gasteiger charge is -2.29. The Morgan fingerprint density at radius 2 is 1.11 bits per heavy atom. The normalized spacial score (nSPS) is 19.8. The summed E-state index contributed by atoms with van der Waals surface area (Å²) in [4.78, 5) is 3.58. The largest absolute Gasteiger partial charge is 0.495 e. The Morgan fingerprint density at radius 1 is 0.722 bits per heavy atom. The first kappa shape index (κ1) is 14.7. The molecular formula is C12H24N4O2. The summed E-state index contributed by atoms with van der Waals surface area (Å²) in [5, 5.41) is 25.6. The van der Waals surface area contributed by atoms with Gasteiger partial charge < -0.3 is 30.6 Å². The molecule has 0 aliphatic carbocycles. The maximum atomic E-state index is 9.49. The summed E-state index contributed by atoms with van der Waals surface area (Å²) in [6.45, 7) is 13.1. The van der Waals surface area contributed by atoms with E-state index in [4.69, 9.17) is 0 Å². The number of rotatable bonds is 2. The average molecular weight is 256 g/mol. The second-order valence-electron chi connectivity index (χ2n) is 4.31. The molecule has 0 amide bonds. The third-order valence-electron chi connectivity index (χ3n) is 2.97. The van der Waals surface area contributed by atoms with Crippen LogP contribution in [0.4, 0.5) is 0 Å². The Balaban J connectivity index is 2.54. The number of hydrogen-bond donors (Lipinski definition) is 4. The van der Waals surface area contributed by atoms with Crippen LogP contribution >= 0.6 is 0 Å². The summed E-state index contributed by atoms with van der Waals surface area (Å²) in [6, 6.07) is 0. The SMILES string of the molecule is C=C(O)N1CCNCCNCCN(C(=C)O)CC1. The Hall–Kier alpha value is -1.40. The summed E-state index contributed by atoms with van der Waals surface area (Å²) < 4.78 is 0. The molecule has 0 aromatic heterocycles. The van der Waals surface area contributed by atoms with Crippen molar-refractivity contribution in [2.24, 2.45) is 0 Å². The first-order chi connectivity index (χ1) is 8.61. The highest BCUT2D eigenvalue weighted by Gasteiger charge is 2.11. The van der Waals surface area contributed by atoms with E-state index in [2.05, 4.69) is 23.8 Å². The van der Waals surface area contributed by atoms with E-state index in [9.17, 15) is 10.2 Å². The molecule has 0 spiro atoms. The van der Waals surface area contributed by atoms with E-state index in [0.29, 0.717) is 26.2 Å². The van der Waals surface area contributed by atoms with Crippen molar-refractivity contribution in [2.75, 3.05) is 52.4 Å². The molecule has 6 heteroatoms. The van der Waals surface area contributed by atoms with Gasteiger partial charge in [-0.25, -0.2) is 0 Å². The van der Waals surface area contributed by atoms with Crippen LogP contribution in [0.15, 0.2) is 24.9 Å². The van der Waals surface area contributed by atoms with Gasteiger partial charge in [0.15, 0.2) is 11.8 Å². The first-order valence-corrected chi connectivity index (χ1v) is 6.28. The topological polar surface area (TPSA) is 71.0 Å². The van der Waals surface area contributed by atoms with E-state index in [1.54, 1.807) is 9.80 Å². The fraction of sp³-hybridized carbons (Fsp3) is 0.667. The summed E-state index contributed by atoms with van der Waals surface area (Å²) in [6.07, 6.45) is 0. The lowest BCUT2D eigenvalue weighted by atomic mass is 10.4. The highest BCUT2D eigenvalue weighted by Crippen LogP contribution is 2.02. The molecule has 1 rings (SSSR count). The molecule has 1 heterocycles. The van der Waals surface area contributed by atoms with Crippen LogP contribution in [0.3, 0.4) is 0 Å².